The van der Waals surface area contributed by atoms with Crippen LogP contribution in [0.4, 0.5) is 4.39 Å². The predicted octanol–water partition coefficient (Wildman–Crippen LogP) is 4.93. The molecule has 29 heavy (non-hydrogen) atoms. The number of carboxylic acid groups (broad SMARTS) is 1. The maximum absolute atomic E-state index is 13.9. The molecule has 4 heteroatoms. The molecule has 4 rings (SSSR count). The van der Waals surface area contributed by atoms with Gasteiger partial charge in [-0.3, -0.25) is 4.79 Å². The summed E-state index contributed by atoms with van der Waals surface area (Å²) >= 11 is 0. The van der Waals surface area contributed by atoms with Crippen LogP contribution in [-0.4, -0.2) is 35.6 Å². The van der Waals surface area contributed by atoms with E-state index in [0.717, 1.165) is 49.9 Å². The number of aryl methyl sites for hydroxylation is 2. The summed E-state index contributed by atoms with van der Waals surface area (Å²) < 4.78 is 13.9. The predicted molar refractivity (Wildman–Crippen MR) is 113 cm³/mol. The Morgan fingerprint density at radius 2 is 1.66 bits per heavy atom. The maximum Gasteiger partial charge on any atom is 0.310 e. The van der Waals surface area contributed by atoms with Crippen molar-refractivity contribution in [1.82, 2.24) is 4.90 Å². The molecule has 1 aliphatic carbocycles. The Labute approximate surface area is 171 Å². The highest BCUT2D eigenvalue weighted by Gasteiger charge is 2.31. The average Bonchev–Trinajstić information content (AvgIpc) is 2.85. The molecule has 0 saturated carbocycles. The zero-order valence-electron chi connectivity index (χ0n) is 17.2. The van der Waals surface area contributed by atoms with Crippen LogP contribution in [0.2, 0.25) is 0 Å². The van der Waals surface area contributed by atoms with E-state index < -0.39 is 11.4 Å². The van der Waals surface area contributed by atoms with Gasteiger partial charge in [0.25, 0.3) is 0 Å². The Hall–Kier alpha value is -2.46. The first-order chi connectivity index (χ1) is 13.8. The van der Waals surface area contributed by atoms with Gasteiger partial charge in [0.05, 0.1) is 5.41 Å². The van der Waals surface area contributed by atoms with Crippen LogP contribution in [0.15, 0.2) is 48.0 Å². The first kappa shape index (κ1) is 19.8. The largest absolute Gasteiger partial charge is 0.481 e. The van der Waals surface area contributed by atoms with E-state index in [1.54, 1.807) is 26.0 Å². The van der Waals surface area contributed by atoms with Crippen LogP contribution >= 0.6 is 0 Å². The zero-order valence-corrected chi connectivity index (χ0v) is 17.2. The maximum atomic E-state index is 13.9. The average molecular weight is 394 g/mol. The summed E-state index contributed by atoms with van der Waals surface area (Å²) in [5.74, 6) is -0.930. The quantitative estimate of drug-likeness (QED) is 0.804. The molecule has 0 bridgehead atoms. The molecule has 0 unspecified atom stereocenters. The highest BCUT2D eigenvalue weighted by molar-refractivity contribution is 5.86. The fourth-order valence-electron chi connectivity index (χ4n) is 4.65. The smallest absolute Gasteiger partial charge is 0.310 e. The van der Waals surface area contributed by atoms with Crippen molar-refractivity contribution in [2.75, 3.05) is 19.6 Å². The number of nitrogens with zero attached hydrogens (tertiary/aromatic N) is 1. The van der Waals surface area contributed by atoms with Gasteiger partial charge in [-0.05, 0) is 79.5 Å². The minimum atomic E-state index is -0.754. The zero-order chi connectivity index (χ0) is 20.6. The van der Waals surface area contributed by atoms with Gasteiger partial charge in [0.15, 0.2) is 0 Å². The van der Waals surface area contributed by atoms with E-state index in [0.29, 0.717) is 6.54 Å². The number of hydrogen-bond acceptors (Lipinski definition) is 2. The molecule has 1 heterocycles. The van der Waals surface area contributed by atoms with E-state index in [1.807, 2.05) is 6.07 Å². The highest BCUT2D eigenvalue weighted by Crippen LogP contribution is 2.39. The van der Waals surface area contributed by atoms with Crippen molar-refractivity contribution in [1.29, 1.82) is 0 Å². The lowest BCUT2D eigenvalue weighted by atomic mass is 9.85. The van der Waals surface area contributed by atoms with E-state index in [-0.39, 0.29) is 5.82 Å². The third-order valence-corrected chi connectivity index (χ3v) is 6.30. The Kier molecular flexibility index (Phi) is 5.30. The number of piperidine rings is 1. The van der Waals surface area contributed by atoms with Crippen molar-refractivity contribution >= 4 is 11.5 Å². The first-order valence-corrected chi connectivity index (χ1v) is 10.4. The van der Waals surface area contributed by atoms with Gasteiger partial charge in [0, 0.05) is 19.6 Å². The number of likely N-dealkylation sites (tertiary alicyclic amines) is 1. The summed E-state index contributed by atoms with van der Waals surface area (Å²) in [6.45, 7) is 5.84. The minimum absolute atomic E-state index is 0.176. The summed E-state index contributed by atoms with van der Waals surface area (Å²) in [5.41, 5.74) is 6.75. The Bertz CT molecular complexity index is 967. The summed E-state index contributed by atoms with van der Waals surface area (Å²) in [4.78, 5) is 13.7. The Morgan fingerprint density at radius 3 is 2.38 bits per heavy atom. The molecule has 0 aromatic heterocycles. The fraction of sp³-hybridized carbons (Fsp3) is 0.400. The van der Waals surface area contributed by atoms with Crippen molar-refractivity contribution in [2.24, 2.45) is 5.41 Å². The van der Waals surface area contributed by atoms with Crippen LogP contribution < -0.4 is 0 Å². The molecule has 1 N–H and O–H groups in total. The van der Waals surface area contributed by atoms with Crippen LogP contribution in [0.5, 0.6) is 0 Å². The summed E-state index contributed by atoms with van der Waals surface area (Å²) in [6, 6.07) is 13.7. The highest BCUT2D eigenvalue weighted by atomic mass is 19.1. The molecule has 3 nitrogen and oxygen atoms in total. The van der Waals surface area contributed by atoms with Crippen molar-refractivity contribution in [3.8, 4) is 0 Å². The molecule has 0 radical (unpaired) electrons. The number of aliphatic carboxylic acids is 1. The van der Waals surface area contributed by atoms with Crippen LogP contribution in [0.25, 0.3) is 5.57 Å². The standard InChI is InChI=1S/C25H28FNO2/c1-25(2,24(28)29)16-27-13-11-18(12-14-27)23-21-6-4-3-5-17(21)7-8-19-15-20(26)9-10-22(19)23/h3-6,9-10,15H,7-8,11-14,16H2,1-2H3,(H,28,29). The molecular formula is C25H28FNO2. The molecule has 2 aromatic rings. The van der Waals surface area contributed by atoms with Crippen LogP contribution in [0.3, 0.4) is 0 Å². The van der Waals surface area contributed by atoms with Gasteiger partial charge in [-0.25, -0.2) is 4.39 Å². The van der Waals surface area contributed by atoms with Gasteiger partial charge in [-0.2, -0.15) is 0 Å². The monoisotopic (exact) mass is 393 g/mol. The summed E-state index contributed by atoms with van der Waals surface area (Å²) in [6.07, 6.45) is 3.59. The van der Waals surface area contributed by atoms with Gasteiger partial charge in [-0.15, -0.1) is 0 Å². The molecule has 2 aromatic carbocycles. The molecule has 1 fully saturated rings. The molecular weight excluding hydrogens is 365 g/mol. The minimum Gasteiger partial charge on any atom is -0.481 e. The second-order valence-electron chi connectivity index (χ2n) is 8.90. The van der Waals surface area contributed by atoms with Crippen molar-refractivity contribution in [3.63, 3.8) is 0 Å². The Balaban J connectivity index is 1.69. The van der Waals surface area contributed by atoms with E-state index in [4.69, 9.17) is 0 Å². The molecule has 1 aliphatic heterocycles. The lowest BCUT2D eigenvalue weighted by molar-refractivity contribution is -0.148. The van der Waals surface area contributed by atoms with Crippen LogP contribution in [0.1, 0.15) is 48.9 Å². The van der Waals surface area contributed by atoms with Gasteiger partial charge in [0.1, 0.15) is 5.82 Å². The van der Waals surface area contributed by atoms with Gasteiger partial charge in [0.2, 0.25) is 0 Å². The number of hydrogen-bond donors (Lipinski definition) is 1. The SMILES string of the molecule is CC(C)(CN1CCC(=C2c3ccccc3CCc3cc(F)ccc32)CC1)C(=O)O. The fourth-order valence-corrected chi connectivity index (χ4v) is 4.65. The Morgan fingerprint density at radius 1 is 1.00 bits per heavy atom. The third-order valence-electron chi connectivity index (χ3n) is 6.30. The van der Waals surface area contributed by atoms with Crippen molar-refractivity contribution in [3.05, 3.63) is 76.1 Å². The number of carboxylic acids is 1. The second-order valence-corrected chi connectivity index (χ2v) is 8.90. The summed E-state index contributed by atoms with van der Waals surface area (Å²) in [7, 11) is 0. The van der Waals surface area contributed by atoms with E-state index in [1.165, 1.54) is 22.3 Å². The molecule has 2 aliphatic rings. The molecule has 0 amide bonds. The topological polar surface area (TPSA) is 40.5 Å². The molecule has 152 valence electrons. The molecule has 0 atom stereocenters. The lowest BCUT2D eigenvalue weighted by Crippen LogP contribution is -2.42. The van der Waals surface area contributed by atoms with Crippen molar-refractivity contribution < 1.29 is 14.3 Å². The third kappa shape index (κ3) is 3.99. The van der Waals surface area contributed by atoms with Gasteiger partial charge < -0.3 is 10.0 Å². The number of rotatable bonds is 3. The lowest BCUT2D eigenvalue weighted by Gasteiger charge is -2.34. The molecule has 0 spiro atoms. The van der Waals surface area contributed by atoms with Crippen molar-refractivity contribution in [2.45, 2.75) is 39.5 Å². The first-order valence-electron chi connectivity index (χ1n) is 10.4. The molecule has 1 saturated heterocycles. The van der Waals surface area contributed by atoms with Crippen LogP contribution in [0, 0.1) is 11.2 Å². The van der Waals surface area contributed by atoms with E-state index in [9.17, 15) is 14.3 Å². The summed E-state index contributed by atoms with van der Waals surface area (Å²) in [5, 5.41) is 9.43. The van der Waals surface area contributed by atoms with Crippen LogP contribution in [-0.2, 0) is 17.6 Å². The van der Waals surface area contributed by atoms with E-state index in [2.05, 4.69) is 29.2 Å². The number of fused-ring (bicyclic) bond motifs is 2. The van der Waals surface area contributed by atoms with Gasteiger partial charge >= 0.3 is 5.97 Å². The van der Waals surface area contributed by atoms with Gasteiger partial charge in [-0.1, -0.05) is 35.9 Å². The normalized spacial score (nSPS) is 17.5. The number of benzene rings is 2. The number of halogens is 1. The van der Waals surface area contributed by atoms with E-state index >= 15 is 0 Å². The number of carbonyl (C=O) groups is 1. The second kappa shape index (κ2) is 7.75.